The van der Waals surface area contributed by atoms with Crippen molar-refractivity contribution in [3.63, 3.8) is 0 Å². The summed E-state index contributed by atoms with van der Waals surface area (Å²) in [5.41, 5.74) is 13.5. The number of esters is 1. The monoisotopic (exact) mass is 1870 g/mol. The zero-order valence-corrected chi connectivity index (χ0v) is 75.8. The molecule has 36 nitrogen and oxygen atoms in total. The third-order valence-corrected chi connectivity index (χ3v) is 27.2. The number of hydrogen-bond donors (Lipinski definition) is 6. The van der Waals surface area contributed by atoms with E-state index in [1.165, 1.54) is 43.3 Å². The number of piperidine rings is 1. The SMILES string of the molecule is CCOC(=O)c1ccc2cc([C@]3(CN4Cc5ccc(OC)cc5C4=O)CC(=O)NC3=O)oc2c1.COc1ccc2c(c1)C(=O)N(C[C@@]1(c3cc4ccc(C(=O)CCC5CCN(C)CC5)cc4o3)CC(=O)NC1=O)C2.COc1ccc2c(c1)C(=O)N(C[C@@]1(c3cc4ccc(C(N)=O)cc4o3)CC(=O)NC1=O)C2.COc1ccc2c(c1)C(=O)N(C[C@@]1(c3cc4ccc(C(N)=O)cc4o3)CC(=O)NC1=O)C2. The fraction of sp³-hybridized carbons (Fsp3) is 0.294. The lowest BCUT2D eigenvalue weighted by Crippen LogP contribution is -2.46. The minimum absolute atomic E-state index is 0.0113. The molecule has 0 spiro atoms. The predicted molar refractivity (Wildman–Crippen MR) is 490 cm³/mol. The fourth-order valence-corrected chi connectivity index (χ4v) is 19.6. The van der Waals surface area contributed by atoms with Gasteiger partial charge in [-0.3, -0.25) is 93.2 Å². The molecule has 14 amide bonds. The number of imide groups is 4. The summed E-state index contributed by atoms with van der Waals surface area (Å²) in [6.07, 6.45) is 3.00. The summed E-state index contributed by atoms with van der Waals surface area (Å²) in [6.45, 7) is 5.19. The number of primary amides is 2. The molecule has 5 fully saturated rings. The van der Waals surface area contributed by atoms with Crippen molar-refractivity contribution in [2.75, 3.05) is 81.4 Å². The van der Waals surface area contributed by atoms with Gasteiger partial charge in [-0.25, -0.2) is 4.79 Å². The molecule has 5 saturated heterocycles. The van der Waals surface area contributed by atoms with E-state index in [0.29, 0.717) is 139 Å². The average Bonchev–Trinajstić information content (AvgIpc) is 1.60. The van der Waals surface area contributed by atoms with Crippen LogP contribution in [0.1, 0.15) is 186 Å². The Kier molecular flexibility index (Phi) is 24.3. The second-order valence-corrected chi connectivity index (χ2v) is 35.9. The number of carbonyl (C=O) groups excluding carboxylic acids is 16. The largest absolute Gasteiger partial charge is 0.497 e. The highest BCUT2D eigenvalue weighted by Gasteiger charge is 2.58. The number of nitrogens with two attached hydrogens (primary N) is 2. The predicted octanol–water partition coefficient (Wildman–Crippen LogP) is 9.21. The number of Topliss-reactive ketones (excluding diaryl/α,β-unsaturated/α-hetero) is 1. The Labute approximate surface area is 785 Å². The van der Waals surface area contributed by atoms with Crippen molar-refractivity contribution in [3.05, 3.63) is 260 Å². The maximum Gasteiger partial charge on any atom is 0.338 e. The Hall–Kier alpha value is -16.4. The minimum Gasteiger partial charge on any atom is -0.497 e. The number of rotatable bonds is 24. The molecule has 138 heavy (non-hydrogen) atoms. The highest BCUT2D eigenvalue weighted by molar-refractivity contribution is 6.14. The summed E-state index contributed by atoms with van der Waals surface area (Å²) < 4.78 is 50.1. The molecule has 0 saturated carbocycles. The van der Waals surface area contributed by atoms with Crippen LogP contribution in [0.5, 0.6) is 23.0 Å². The number of nitrogens with zero attached hydrogens (tertiary/aromatic N) is 5. The van der Waals surface area contributed by atoms with E-state index in [4.69, 9.17) is 52.8 Å². The first-order chi connectivity index (χ1) is 66.2. The lowest BCUT2D eigenvalue weighted by molar-refractivity contribution is -0.128. The molecule has 0 bridgehead atoms. The van der Waals surface area contributed by atoms with Crippen LogP contribution in [0.2, 0.25) is 0 Å². The highest BCUT2D eigenvalue weighted by Crippen LogP contribution is 2.46. The average molecular weight is 1870 g/mol. The van der Waals surface area contributed by atoms with Crippen LogP contribution in [-0.2, 0) is 90.9 Å². The van der Waals surface area contributed by atoms with Gasteiger partial charge in [-0.15, -0.1) is 0 Å². The molecular formula is C102H93N11O25. The first-order valence-electron chi connectivity index (χ1n) is 44.6. The quantitative estimate of drug-likeness (QED) is 0.0186. The van der Waals surface area contributed by atoms with Crippen molar-refractivity contribution >= 4 is 138 Å². The molecule has 13 heterocycles. The van der Waals surface area contributed by atoms with Crippen molar-refractivity contribution in [3.8, 4) is 23.0 Å². The molecular weight excluding hydrogens is 1780 g/mol. The summed E-state index contributed by atoms with van der Waals surface area (Å²) >= 11 is 0. The van der Waals surface area contributed by atoms with E-state index in [-0.39, 0.29) is 116 Å². The summed E-state index contributed by atoms with van der Waals surface area (Å²) in [7, 11) is 8.24. The van der Waals surface area contributed by atoms with Gasteiger partial charge >= 0.3 is 5.97 Å². The maximum atomic E-state index is 13.3. The third kappa shape index (κ3) is 17.1. The Morgan fingerprint density at radius 3 is 0.913 bits per heavy atom. The smallest absolute Gasteiger partial charge is 0.338 e. The molecule has 0 aliphatic carbocycles. The van der Waals surface area contributed by atoms with Crippen molar-refractivity contribution in [1.82, 2.24) is 45.8 Å². The van der Waals surface area contributed by atoms with Gasteiger partial charge in [0.15, 0.2) is 5.78 Å². The third-order valence-electron chi connectivity index (χ3n) is 27.2. The van der Waals surface area contributed by atoms with Crippen molar-refractivity contribution in [2.45, 2.75) is 106 Å². The van der Waals surface area contributed by atoms with Crippen molar-refractivity contribution in [1.29, 1.82) is 0 Å². The molecule has 0 radical (unpaired) electrons. The molecule has 8 aromatic carbocycles. The molecule has 4 aromatic heterocycles. The number of ether oxygens (including phenoxy) is 5. The Bertz CT molecular complexity index is 7010. The van der Waals surface area contributed by atoms with Gasteiger partial charge in [0.25, 0.3) is 23.6 Å². The number of amides is 14. The van der Waals surface area contributed by atoms with E-state index in [1.54, 1.807) is 151 Å². The van der Waals surface area contributed by atoms with E-state index in [1.807, 2.05) is 30.3 Å². The Morgan fingerprint density at radius 1 is 0.370 bits per heavy atom. The van der Waals surface area contributed by atoms with E-state index in [0.717, 1.165) is 60.0 Å². The van der Waals surface area contributed by atoms with Crippen molar-refractivity contribution < 1.29 is 118 Å². The zero-order chi connectivity index (χ0) is 97.3. The number of carbonyl (C=O) groups is 16. The van der Waals surface area contributed by atoms with E-state index < -0.39 is 86.7 Å². The van der Waals surface area contributed by atoms with Crippen LogP contribution in [0, 0.1) is 5.92 Å². The number of ketones is 1. The zero-order valence-electron chi connectivity index (χ0n) is 75.8. The van der Waals surface area contributed by atoms with Crippen LogP contribution in [0.4, 0.5) is 0 Å². The fourth-order valence-electron chi connectivity index (χ4n) is 19.6. The summed E-state index contributed by atoms with van der Waals surface area (Å²) in [5, 5.41) is 12.1. The van der Waals surface area contributed by atoms with Crippen LogP contribution in [0.25, 0.3) is 43.9 Å². The molecule has 9 aliphatic heterocycles. The number of methoxy groups -OCH3 is 4. The molecule has 36 heteroatoms. The molecule has 8 N–H and O–H groups in total. The Balaban J connectivity index is 0.000000123. The van der Waals surface area contributed by atoms with Crippen LogP contribution < -0.4 is 51.7 Å². The van der Waals surface area contributed by atoms with Gasteiger partial charge in [-0.2, -0.15) is 0 Å². The van der Waals surface area contributed by atoms with Gasteiger partial charge in [-0.05, 0) is 190 Å². The lowest BCUT2D eigenvalue weighted by atomic mass is 9.82. The lowest BCUT2D eigenvalue weighted by Gasteiger charge is -2.28. The normalized spacial score (nSPS) is 20.4. The van der Waals surface area contributed by atoms with Gasteiger partial charge in [0, 0.05) is 119 Å². The van der Waals surface area contributed by atoms with E-state index in [2.05, 4.69) is 33.2 Å². The minimum atomic E-state index is -1.39. The molecule has 0 unspecified atom stereocenters. The van der Waals surface area contributed by atoms with Gasteiger partial charge < -0.3 is 77.3 Å². The van der Waals surface area contributed by atoms with Gasteiger partial charge in [0.05, 0.1) is 66.3 Å². The maximum absolute atomic E-state index is 13.3. The molecule has 4 atom stereocenters. The second-order valence-electron chi connectivity index (χ2n) is 35.9. The molecule has 9 aliphatic rings. The van der Waals surface area contributed by atoms with Gasteiger partial charge in [0.2, 0.25) is 59.1 Å². The van der Waals surface area contributed by atoms with Gasteiger partial charge in [0.1, 0.15) is 90.0 Å². The van der Waals surface area contributed by atoms with Crippen LogP contribution >= 0.6 is 0 Å². The number of benzene rings is 8. The molecule has 12 aromatic rings. The highest BCUT2D eigenvalue weighted by atomic mass is 16.5. The molecule has 706 valence electrons. The number of furan rings is 4. The standard InChI is InChI=1S/C31H33N3O6.C25H22N2O7.2C23H19N3O6/c1-33-11-9-19(10-12-33)3-8-25(35)20-4-5-21-14-27(40-26(21)13-20)31(16-28(36)32-30(31)38)18-34-17-22-6-7-23(39-2)15-24(22)29(34)37;1-3-33-23(30)15-5-4-14-9-20(34-19(14)8-15)25(11-21(28)26-24(25)31)13-27-12-16-6-7-17(32-2)10-18(16)22(27)29;2*1-31-15-5-4-14-10-26(21(29)16(14)8-15)11-23(9-19(27)25-22(23)30)18-7-12-2-3-13(20(24)28)6-17(12)32-18/h4-7,13-15,19H,3,8-12,16-18H2,1-2H3,(H,32,36,38);4-10H,3,11-13H2,1-2H3,(H,26,28,31);2*2-8H,9-11H2,1H3,(H2,24,28)(H,25,27,30)/t31-;25-;2*23-/m1111/s1. The Morgan fingerprint density at radius 2 is 0.645 bits per heavy atom. The molecule has 21 rings (SSSR count). The number of hydrogen-bond acceptors (Lipinski definition) is 26. The number of likely N-dealkylation sites (tertiary alicyclic amines) is 1. The first-order valence-corrected chi connectivity index (χ1v) is 44.6. The van der Waals surface area contributed by atoms with E-state index >= 15 is 0 Å². The summed E-state index contributed by atoms with van der Waals surface area (Å²) in [5.74, 6) is -2.55. The van der Waals surface area contributed by atoms with Gasteiger partial charge in [-0.1, -0.05) is 54.6 Å². The number of fused-ring (bicyclic) bond motifs is 8. The van der Waals surface area contributed by atoms with Crippen molar-refractivity contribution in [2.24, 2.45) is 17.4 Å². The van der Waals surface area contributed by atoms with Crippen LogP contribution in [0.3, 0.4) is 0 Å². The summed E-state index contributed by atoms with van der Waals surface area (Å²) in [6, 6.07) is 47.4. The van der Waals surface area contributed by atoms with Crippen LogP contribution in [0.15, 0.2) is 188 Å². The number of nitrogens with one attached hydrogen (secondary N) is 4. The topological polar surface area (TPSA) is 488 Å². The summed E-state index contributed by atoms with van der Waals surface area (Å²) in [4.78, 5) is 211. The van der Waals surface area contributed by atoms with Crippen LogP contribution in [-0.4, -0.2) is 200 Å². The first kappa shape index (κ1) is 92.1. The second kappa shape index (κ2) is 36.4. The van der Waals surface area contributed by atoms with E-state index in [9.17, 15) is 76.7 Å².